The predicted molar refractivity (Wildman–Crippen MR) is 73.9 cm³/mol. The van der Waals surface area contributed by atoms with Crippen LogP contribution in [0.4, 0.5) is 0 Å². The molecule has 20 heavy (non-hydrogen) atoms. The number of nitrogens with one attached hydrogen (secondary N) is 1. The van der Waals surface area contributed by atoms with Gasteiger partial charge in [-0.25, -0.2) is 9.59 Å². The molecular weight excluding hydrogens is 258 g/mol. The van der Waals surface area contributed by atoms with Gasteiger partial charge in [0.1, 0.15) is 0 Å². The van der Waals surface area contributed by atoms with Gasteiger partial charge in [-0.15, -0.1) is 0 Å². The van der Waals surface area contributed by atoms with E-state index in [-0.39, 0.29) is 17.5 Å². The summed E-state index contributed by atoms with van der Waals surface area (Å²) in [7, 11) is 0. The highest BCUT2D eigenvalue weighted by atomic mass is 16.5. The maximum absolute atomic E-state index is 11.9. The lowest BCUT2D eigenvalue weighted by molar-refractivity contribution is 0.0370. The highest BCUT2D eigenvalue weighted by Gasteiger charge is 2.16. The highest BCUT2D eigenvalue weighted by molar-refractivity contribution is 5.97. The standard InChI is InChI=1S/C14H13N3O3/c1-8(2)20-13(18)11-7-12-9-5-3-4-6-10(9)15-14(19)17(12)16-11/h3-8H,1-2H3,(H,15,19). The Kier molecular flexibility index (Phi) is 2.78. The van der Waals surface area contributed by atoms with E-state index in [9.17, 15) is 9.59 Å². The number of para-hydroxylation sites is 1. The Morgan fingerprint density at radius 2 is 2.10 bits per heavy atom. The average molecular weight is 271 g/mol. The molecule has 1 N–H and O–H groups in total. The van der Waals surface area contributed by atoms with Crippen molar-refractivity contribution < 1.29 is 9.53 Å². The molecule has 6 heteroatoms. The van der Waals surface area contributed by atoms with Crippen LogP contribution in [0, 0.1) is 0 Å². The second kappa shape index (κ2) is 4.48. The van der Waals surface area contributed by atoms with Gasteiger partial charge in [-0.2, -0.15) is 9.61 Å². The quantitative estimate of drug-likeness (QED) is 0.720. The molecule has 0 saturated heterocycles. The Hall–Kier alpha value is -2.63. The second-order valence-electron chi connectivity index (χ2n) is 4.76. The number of hydrogen-bond acceptors (Lipinski definition) is 4. The van der Waals surface area contributed by atoms with Crippen molar-refractivity contribution in [1.29, 1.82) is 0 Å². The maximum atomic E-state index is 11.9. The number of rotatable bonds is 2. The first-order valence-electron chi connectivity index (χ1n) is 6.28. The molecule has 0 saturated carbocycles. The van der Waals surface area contributed by atoms with Crippen molar-refractivity contribution in [2.45, 2.75) is 20.0 Å². The van der Waals surface area contributed by atoms with Crippen LogP contribution >= 0.6 is 0 Å². The fourth-order valence-electron chi connectivity index (χ4n) is 2.09. The van der Waals surface area contributed by atoms with Gasteiger partial charge in [-0.3, -0.25) is 0 Å². The molecule has 0 radical (unpaired) electrons. The van der Waals surface area contributed by atoms with Crippen molar-refractivity contribution in [2.24, 2.45) is 0 Å². The minimum absolute atomic E-state index is 0.126. The molecule has 0 fully saturated rings. The summed E-state index contributed by atoms with van der Waals surface area (Å²) >= 11 is 0. The van der Waals surface area contributed by atoms with E-state index in [1.165, 1.54) is 4.52 Å². The fourth-order valence-corrected chi connectivity index (χ4v) is 2.09. The molecular formula is C14H13N3O3. The number of nitrogens with zero attached hydrogens (tertiary/aromatic N) is 2. The van der Waals surface area contributed by atoms with E-state index in [0.29, 0.717) is 11.0 Å². The van der Waals surface area contributed by atoms with E-state index in [4.69, 9.17) is 4.74 Å². The number of benzene rings is 1. The fraction of sp³-hybridized carbons (Fsp3) is 0.214. The van der Waals surface area contributed by atoms with Crippen molar-refractivity contribution >= 4 is 22.4 Å². The lowest BCUT2D eigenvalue weighted by Gasteiger charge is -2.04. The van der Waals surface area contributed by atoms with E-state index in [1.807, 2.05) is 18.2 Å². The van der Waals surface area contributed by atoms with Crippen LogP contribution in [0.25, 0.3) is 16.4 Å². The number of carbonyl (C=O) groups is 1. The number of esters is 1. The third kappa shape index (κ3) is 1.95. The van der Waals surface area contributed by atoms with Crippen molar-refractivity contribution in [3.8, 4) is 0 Å². The zero-order valence-corrected chi connectivity index (χ0v) is 11.1. The number of H-pyrrole nitrogens is 1. The van der Waals surface area contributed by atoms with Crippen molar-refractivity contribution in [2.75, 3.05) is 0 Å². The molecule has 0 spiro atoms. The smallest absolute Gasteiger partial charge is 0.359 e. The van der Waals surface area contributed by atoms with E-state index >= 15 is 0 Å². The van der Waals surface area contributed by atoms with Gasteiger partial charge in [0.2, 0.25) is 0 Å². The molecule has 0 atom stereocenters. The van der Waals surface area contributed by atoms with Crippen LogP contribution in [0.3, 0.4) is 0 Å². The maximum Gasteiger partial charge on any atom is 0.359 e. The van der Waals surface area contributed by atoms with Crippen LogP contribution in [0.1, 0.15) is 24.3 Å². The monoisotopic (exact) mass is 271 g/mol. The first-order valence-corrected chi connectivity index (χ1v) is 6.28. The third-order valence-corrected chi connectivity index (χ3v) is 2.90. The molecule has 102 valence electrons. The van der Waals surface area contributed by atoms with Crippen LogP contribution < -0.4 is 5.69 Å². The minimum Gasteiger partial charge on any atom is -0.458 e. The topological polar surface area (TPSA) is 76.5 Å². The van der Waals surface area contributed by atoms with Crippen molar-refractivity contribution in [1.82, 2.24) is 14.6 Å². The van der Waals surface area contributed by atoms with Crippen LogP contribution in [-0.2, 0) is 4.74 Å². The molecule has 3 rings (SSSR count). The summed E-state index contributed by atoms with van der Waals surface area (Å²) in [6, 6.07) is 8.93. The first kappa shape index (κ1) is 12.4. The van der Waals surface area contributed by atoms with E-state index in [0.717, 1.165) is 5.39 Å². The van der Waals surface area contributed by atoms with Gasteiger partial charge in [0.25, 0.3) is 0 Å². The molecule has 0 unspecified atom stereocenters. The number of aromatic amines is 1. The van der Waals surface area contributed by atoms with Gasteiger partial charge in [0.15, 0.2) is 5.69 Å². The number of carbonyl (C=O) groups excluding carboxylic acids is 1. The van der Waals surface area contributed by atoms with E-state index in [1.54, 1.807) is 26.0 Å². The Labute approximate surface area is 114 Å². The molecule has 0 amide bonds. The Morgan fingerprint density at radius 3 is 2.85 bits per heavy atom. The van der Waals surface area contributed by atoms with Gasteiger partial charge in [-0.05, 0) is 26.0 Å². The largest absolute Gasteiger partial charge is 0.458 e. The van der Waals surface area contributed by atoms with E-state index < -0.39 is 5.97 Å². The Bertz CT molecular complexity index is 861. The summed E-state index contributed by atoms with van der Waals surface area (Å²) < 4.78 is 6.27. The average Bonchev–Trinajstić information content (AvgIpc) is 2.84. The number of fused-ring (bicyclic) bond motifs is 3. The minimum atomic E-state index is -0.535. The number of hydrogen-bond donors (Lipinski definition) is 1. The van der Waals surface area contributed by atoms with Gasteiger partial charge < -0.3 is 9.72 Å². The molecule has 0 aliphatic heterocycles. The molecule has 0 aliphatic rings. The zero-order valence-electron chi connectivity index (χ0n) is 11.1. The summed E-state index contributed by atoms with van der Waals surface area (Å²) in [6.07, 6.45) is -0.234. The van der Waals surface area contributed by atoms with Crippen LogP contribution in [-0.4, -0.2) is 26.7 Å². The normalized spacial score (nSPS) is 11.3. The Balaban J connectivity index is 2.25. The molecule has 0 bridgehead atoms. The second-order valence-corrected chi connectivity index (χ2v) is 4.76. The summed E-state index contributed by atoms with van der Waals surface area (Å²) in [5.41, 5.74) is 1.02. The molecule has 6 nitrogen and oxygen atoms in total. The van der Waals surface area contributed by atoms with Gasteiger partial charge in [0, 0.05) is 5.39 Å². The summed E-state index contributed by atoms with van der Waals surface area (Å²) in [4.78, 5) is 26.5. The van der Waals surface area contributed by atoms with Crippen molar-refractivity contribution in [3.63, 3.8) is 0 Å². The molecule has 0 aliphatic carbocycles. The highest BCUT2D eigenvalue weighted by Crippen LogP contribution is 2.17. The molecule has 2 aromatic heterocycles. The molecule has 3 aromatic rings. The third-order valence-electron chi connectivity index (χ3n) is 2.90. The van der Waals surface area contributed by atoms with Gasteiger partial charge in [-0.1, -0.05) is 18.2 Å². The SMILES string of the molecule is CC(C)OC(=O)c1cc2c3ccccc3[nH]c(=O)n2n1. The molecule has 1 aromatic carbocycles. The van der Waals surface area contributed by atoms with Gasteiger partial charge >= 0.3 is 11.7 Å². The predicted octanol–water partition coefficient (Wildman–Crippen LogP) is 1.74. The Morgan fingerprint density at radius 1 is 1.35 bits per heavy atom. The van der Waals surface area contributed by atoms with Crippen LogP contribution in [0.15, 0.2) is 35.1 Å². The lowest BCUT2D eigenvalue weighted by atomic mass is 10.2. The van der Waals surface area contributed by atoms with E-state index in [2.05, 4.69) is 10.1 Å². The summed E-state index contributed by atoms with van der Waals surface area (Å²) in [6.45, 7) is 3.52. The van der Waals surface area contributed by atoms with Crippen LogP contribution in [0.2, 0.25) is 0 Å². The van der Waals surface area contributed by atoms with Crippen molar-refractivity contribution in [3.05, 3.63) is 46.5 Å². The zero-order chi connectivity index (χ0) is 14.3. The molecule has 2 heterocycles. The van der Waals surface area contributed by atoms with Gasteiger partial charge in [0.05, 0.1) is 17.1 Å². The van der Waals surface area contributed by atoms with Crippen LogP contribution in [0.5, 0.6) is 0 Å². The lowest BCUT2D eigenvalue weighted by Crippen LogP contribution is -2.18. The summed E-state index contributed by atoms with van der Waals surface area (Å²) in [5, 5.41) is 4.84. The number of aromatic nitrogens is 3. The number of ether oxygens (including phenoxy) is 1. The summed E-state index contributed by atoms with van der Waals surface area (Å²) in [5.74, 6) is -0.535. The first-order chi connectivity index (χ1) is 9.56.